The molecule has 1 rings (SSSR count). The average molecular weight is 266 g/mol. The maximum absolute atomic E-state index is 9.24. The smallest absolute Gasteiger partial charge is 0.256 e. The molecule has 1 unspecified atom stereocenters. The summed E-state index contributed by atoms with van der Waals surface area (Å²) in [5.41, 5.74) is 0. The highest BCUT2D eigenvalue weighted by atomic mass is 16.7. The van der Waals surface area contributed by atoms with Crippen LogP contribution in [0.1, 0.15) is 6.92 Å². The van der Waals surface area contributed by atoms with Crippen molar-refractivity contribution in [1.29, 1.82) is 0 Å². The highest BCUT2D eigenvalue weighted by Gasteiger charge is 2.10. The Labute approximate surface area is 112 Å². The molecular formula is C11H18N6O2. The van der Waals surface area contributed by atoms with E-state index in [1.54, 1.807) is 14.0 Å². The molecule has 0 aliphatic carbocycles. The van der Waals surface area contributed by atoms with Crippen molar-refractivity contribution in [2.75, 3.05) is 42.9 Å². The Kier molecular flexibility index (Phi) is 5.78. The Bertz CT molecular complexity index is 445. The van der Waals surface area contributed by atoms with Crippen LogP contribution in [-0.2, 0) is 4.84 Å². The molecule has 1 heterocycles. The molecule has 0 radical (unpaired) electrons. The molecule has 1 aromatic heterocycles. The third kappa shape index (κ3) is 4.95. The maximum Gasteiger partial charge on any atom is 0.256 e. The molecule has 1 aromatic rings. The fourth-order valence-electron chi connectivity index (χ4n) is 1.11. The van der Waals surface area contributed by atoms with Gasteiger partial charge < -0.3 is 15.7 Å². The van der Waals surface area contributed by atoms with Gasteiger partial charge >= 0.3 is 0 Å². The number of hydrogen-bond acceptors (Lipinski definition) is 8. The van der Waals surface area contributed by atoms with Crippen molar-refractivity contribution in [2.24, 2.45) is 0 Å². The molecule has 0 fully saturated rings. The molecule has 0 aliphatic rings. The van der Waals surface area contributed by atoms with E-state index in [4.69, 9.17) is 11.3 Å². The second-order valence-electron chi connectivity index (χ2n) is 3.75. The summed E-state index contributed by atoms with van der Waals surface area (Å²) in [6, 6.07) is 0. The molecule has 3 N–H and O–H groups in total. The molecule has 19 heavy (non-hydrogen) atoms. The van der Waals surface area contributed by atoms with Crippen molar-refractivity contribution in [3.05, 3.63) is 0 Å². The van der Waals surface area contributed by atoms with Gasteiger partial charge in [0, 0.05) is 13.6 Å². The maximum atomic E-state index is 9.24. The zero-order chi connectivity index (χ0) is 14.3. The number of anilines is 3. The normalized spacial score (nSPS) is 11.5. The number of aliphatic hydroxyl groups excluding tert-OH is 1. The average Bonchev–Trinajstić information content (AvgIpc) is 2.41. The lowest BCUT2D eigenvalue weighted by Gasteiger charge is -2.16. The van der Waals surface area contributed by atoms with E-state index < -0.39 is 6.10 Å². The van der Waals surface area contributed by atoms with Gasteiger partial charge in [-0.15, -0.1) is 6.42 Å². The Balaban J connectivity index is 2.92. The third-order valence-corrected chi connectivity index (χ3v) is 2.08. The lowest BCUT2D eigenvalue weighted by Crippen LogP contribution is -2.22. The van der Waals surface area contributed by atoms with Crippen LogP contribution < -0.4 is 15.7 Å². The van der Waals surface area contributed by atoms with Gasteiger partial charge in [0.25, 0.3) is 5.95 Å². The SMILES string of the molecule is C#CCNc1nc(NCC(C)O)nc(N(C)OC)n1. The molecule has 0 bridgehead atoms. The molecule has 0 aromatic carbocycles. The largest absolute Gasteiger partial charge is 0.392 e. The summed E-state index contributed by atoms with van der Waals surface area (Å²) >= 11 is 0. The van der Waals surface area contributed by atoms with E-state index in [0.717, 1.165) is 0 Å². The number of rotatable bonds is 7. The Hall–Kier alpha value is -2.11. The number of aliphatic hydroxyl groups is 1. The summed E-state index contributed by atoms with van der Waals surface area (Å²) in [5.74, 6) is 3.42. The van der Waals surface area contributed by atoms with Gasteiger partial charge in [-0.25, -0.2) is 5.06 Å². The standard InChI is InChI=1S/C11H18N6O2/c1-5-6-12-9-14-10(13-7-8(2)18)16-11(15-9)17(3)19-4/h1,8,18H,6-7H2,2-4H3,(H2,12,13,14,15,16). The van der Waals surface area contributed by atoms with Gasteiger partial charge in [-0.2, -0.15) is 15.0 Å². The monoisotopic (exact) mass is 266 g/mol. The molecule has 8 heteroatoms. The van der Waals surface area contributed by atoms with Gasteiger partial charge in [0.1, 0.15) is 0 Å². The minimum atomic E-state index is -0.512. The van der Waals surface area contributed by atoms with Crippen molar-refractivity contribution >= 4 is 17.8 Å². The van der Waals surface area contributed by atoms with Crippen LogP contribution in [0.2, 0.25) is 0 Å². The van der Waals surface area contributed by atoms with Crippen LogP contribution in [0, 0.1) is 12.3 Å². The number of hydroxylamine groups is 1. The predicted octanol–water partition coefficient (Wildman–Crippen LogP) is -0.293. The fourth-order valence-corrected chi connectivity index (χ4v) is 1.11. The highest BCUT2D eigenvalue weighted by molar-refractivity contribution is 5.42. The molecule has 104 valence electrons. The number of hydrogen-bond donors (Lipinski definition) is 3. The molecule has 8 nitrogen and oxygen atoms in total. The molecule has 1 atom stereocenters. The molecule has 0 saturated heterocycles. The summed E-state index contributed by atoms with van der Waals surface area (Å²) in [4.78, 5) is 17.4. The summed E-state index contributed by atoms with van der Waals surface area (Å²) < 4.78 is 0. The fraction of sp³-hybridized carbons (Fsp3) is 0.545. The minimum Gasteiger partial charge on any atom is -0.392 e. The Morgan fingerprint density at radius 3 is 2.53 bits per heavy atom. The van der Waals surface area contributed by atoms with E-state index in [2.05, 4.69) is 31.5 Å². The summed E-state index contributed by atoms with van der Waals surface area (Å²) in [6.45, 7) is 2.29. The number of nitrogens with one attached hydrogen (secondary N) is 2. The van der Waals surface area contributed by atoms with Crippen LogP contribution in [0.5, 0.6) is 0 Å². The number of aromatic nitrogens is 3. The quantitative estimate of drug-likeness (QED) is 0.457. The van der Waals surface area contributed by atoms with E-state index in [9.17, 15) is 5.11 Å². The highest BCUT2D eigenvalue weighted by Crippen LogP contribution is 2.12. The first-order valence-corrected chi connectivity index (χ1v) is 5.70. The van der Waals surface area contributed by atoms with Crippen LogP contribution in [0.25, 0.3) is 0 Å². The third-order valence-electron chi connectivity index (χ3n) is 2.08. The van der Waals surface area contributed by atoms with Crippen molar-refractivity contribution in [3.8, 4) is 12.3 Å². The van der Waals surface area contributed by atoms with Gasteiger partial charge in [-0.3, -0.25) is 4.84 Å². The predicted molar refractivity (Wildman–Crippen MR) is 72.7 cm³/mol. The zero-order valence-electron chi connectivity index (χ0n) is 11.2. The van der Waals surface area contributed by atoms with Gasteiger partial charge in [0.2, 0.25) is 11.9 Å². The summed E-state index contributed by atoms with van der Waals surface area (Å²) in [7, 11) is 3.17. The molecule has 0 saturated carbocycles. The van der Waals surface area contributed by atoms with Gasteiger partial charge in [0.15, 0.2) is 0 Å². The van der Waals surface area contributed by atoms with Crippen LogP contribution >= 0.6 is 0 Å². The van der Waals surface area contributed by atoms with Crippen LogP contribution in [0.4, 0.5) is 17.8 Å². The van der Waals surface area contributed by atoms with Crippen LogP contribution in [-0.4, -0.2) is 53.4 Å². The van der Waals surface area contributed by atoms with E-state index in [1.165, 1.54) is 12.2 Å². The van der Waals surface area contributed by atoms with Crippen molar-refractivity contribution in [1.82, 2.24) is 15.0 Å². The first-order chi connectivity index (χ1) is 9.06. The zero-order valence-corrected chi connectivity index (χ0v) is 11.2. The molecular weight excluding hydrogens is 248 g/mol. The van der Waals surface area contributed by atoms with Gasteiger partial charge in [-0.05, 0) is 6.92 Å². The van der Waals surface area contributed by atoms with Gasteiger partial charge in [-0.1, -0.05) is 5.92 Å². The second kappa shape index (κ2) is 7.35. The van der Waals surface area contributed by atoms with E-state index in [1.807, 2.05) is 0 Å². The van der Waals surface area contributed by atoms with E-state index in [0.29, 0.717) is 30.9 Å². The summed E-state index contributed by atoms with van der Waals surface area (Å²) in [5, 5.41) is 16.4. The first kappa shape index (κ1) is 14.9. The lowest BCUT2D eigenvalue weighted by atomic mass is 10.4. The van der Waals surface area contributed by atoms with E-state index >= 15 is 0 Å². The molecule has 0 aliphatic heterocycles. The molecule has 0 spiro atoms. The number of nitrogens with zero attached hydrogens (tertiary/aromatic N) is 4. The minimum absolute atomic E-state index is 0.302. The first-order valence-electron chi connectivity index (χ1n) is 5.70. The van der Waals surface area contributed by atoms with Crippen molar-refractivity contribution < 1.29 is 9.94 Å². The van der Waals surface area contributed by atoms with Crippen molar-refractivity contribution in [2.45, 2.75) is 13.0 Å². The second-order valence-corrected chi connectivity index (χ2v) is 3.75. The van der Waals surface area contributed by atoms with Crippen molar-refractivity contribution in [3.63, 3.8) is 0 Å². The Morgan fingerprint density at radius 2 is 2.00 bits per heavy atom. The lowest BCUT2D eigenvalue weighted by molar-refractivity contribution is 0.180. The van der Waals surface area contributed by atoms with Crippen LogP contribution in [0.3, 0.4) is 0 Å². The topological polar surface area (TPSA) is 95.4 Å². The Morgan fingerprint density at radius 1 is 1.37 bits per heavy atom. The van der Waals surface area contributed by atoms with Crippen LogP contribution in [0.15, 0.2) is 0 Å². The van der Waals surface area contributed by atoms with Gasteiger partial charge in [0.05, 0.1) is 19.8 Å². The number of terminal acetylenes is 1. The molecule has 0 amide bonds. The van der Waals surface area contributed by atoms with E-state index in [-0.39, 0.29) is 0 Å². The summed E-state index contributed by atoms with van der Waals surface area (Å²) in [6.07, 6.45) is 4.66.